The molecule has 692 valence electrons. The zero-order valence-corrected chi connectivity index (χ0v) is 64.3. The maximum atomic E-state index is 13.2. The van der Waals surface area contributed by atoms with Crippen LogP contribution in [0.25, 0.3) is 0 Å². The molecule has 0 aromatic rings. The lowest BCUT2D eigenvalue weighted by Gasteiger charge is -2.51. The fourth-order valence-electron chi connectivity index (χ4n) is 15.1. The molecule has 5 amide bonds. The average Bonchev–Trinajstić information content (AvgIpc) is 0.770. The van der Waals surface area contributed by atoms with Crippen LogP contribution in [-0.2, 0) is 109 Å². The van der Waals surface area contributed by atoms with Gasteiger partial charge in [-0.1, -0.05) is 0 Å². The Bertz CT molecular complexity index is 3290. The van der Waals surface area contributed by atoms with E-state index in [0.29, 0.717) is 0 Å². The molecule has 9 aliphatic rings. The maximum absolute atomic E-state index is 13.2. The number of nitrogens with one attached hydrogen (secondary N) is 5. The highest BCUT2D eigenvalue weighted by Gasteiger charge is 2.61. The molecule has 0 radical (unpaired) electrons. The second kappa shape index (κ2) is 43.6. The van der Waals surface area contributed by atoms with E-state index in [4.69, 9.17) is 86.3 Å². The molecular formula is C66H110N6O48. The van der Waals surface area contributed by atoms with Crippen LogP contribution in [0, 0.1) is 0 Å². The summed E-state index contributed by atoms with van der Waals surface area (Å²) in [5.41, 5.74) is 5.53. The lowest BCUT2D eigenvalue weighted by atomic mass is 9.93. The van der Waals surface area contributed by atoms with Gasteiger partial charge in [0.25, 0.3) is 0 Å². The quantitative estimate of drug-likeness (QED) is 0.0290. The van der Waals surface area contributed by atoms with Crippen LogP contribution in [0.15, 0.2) is 0 Å². The Balaban J connectivity index is 1.06. The largest absolute Gasteiger partial charge is 0.480 e. The molecule has 9 fully saturated rings. The van der Waals surface area contributed by atoms with Gasteiger partial charge in [0, 0.05) is 27.7 Å². The van der Waals surface area contributed by atoms with E-state index in [0.717, 1.165) is 27.7 Å². The van der Waals surface area contributed by atoms with Crippen molar-refractivity contribution in [1.29, 1.82) is 0 Å². The van der Waals surface area contributed by atoms with Crippen LogP contribution >= 0.6 is 0 Å². The number of hydrogen-bond donors (Lipinski definition) is 31. The van der Waals surface area contributed by atoms with Crippen LogP contribution in [0.4, 0.5) is 0 Å². The normalized spacial score (nSPS) is 46.6. The van der Waals surface area contributed by atoms with Crippen molar-refractivity contribution in [3.05, 3.63) is 0 Å². The molecule has 46 atom stereocenters. The van der Waals surface area contributed by atoms with Crippen LogP contribution in [0.1, 0.15) is 34.1 Å². The van der Waals surface area contributed by atoms with Gasteiger partial charge in [-0.3, -0.25) is 28.8 Å². The van der Waals surface area contributed by atoms with Crippen molar-refractivity contribution < 1.29 is 237 Å². The number of nitrogens with two attached hydrogens (primary N) is 1. The van der Waals surface area contributed by atoms with E-state index in [1.54, 1.807) is 0 Å². The van der Waals surface area contributed by atoms with Gasteiger partial charge in [-0.25, -0.2) is 0 Å². The van der Waals surface area contributed by atoms with Crippen molar-refractivity contribution >= 4 is 35.5 Å². The number of hydrogen-bond acceptors (Lipinski definition) is 48. The lowest BCUT2D eigenvalue weighted by molar-refractivity contribution is -0.398. The molecule has 32 N–H and O–H groups in total. The third-order valence-electron chi connectivity index (χ3n) is 21.4. The summed E-state index contributed by atoms with van der Waals surface area (Å²) >= 11 is 0. The molecular weight excluding hydrogens is 1640 g/mol. The van der Waals surface area contributed by atoms with Crippen molar-refractivity contribution in [3.63, 3.8) is 0 Å². The second-order valence-electron chi connectivity index (χ2n) is 29.9. The van der Waals surface area contributed by atoms with E-state index < -0.39 is 383 Å². The second-order valence-corrected chi connectivity index (χ2v) is 29.9. The van der Waals surface area contributed by atoms with Crippen molar-refractivity contribution in [2.75, 3.05) is 59.5 Å². The van der Waals surface area contributed by atoms with Crippen LogP contribution < -0.4 is 32.3 Å². The third-order valence-corrected chi connectivity index (χ3v) is 21.4. The Labute approximate surface area is 678 Å². The summed E-state index contributed by atoms with van der Waals surface area (Å²) in [5.74, 6) is -6.47. The van der Waals surface area contributed by atoms with E-state index in [-0.39, 0.29) is 0 Å². The summed E-state index contributed by atoms with van der Waals surface area (Å²) in [7, 11) is 0. The van der Waals surface area contributed by atoms with Gasteiger partial charge in [0.2, 0.25) is 29.5 Å². The highest BCUT2D eigenvalue weighted by molar-refractivity contribution is 5.84. The monoisotopic (exact) mass is 1750 g/mol. The van der Waals surface area contributed by atoms with Crippen LogP contribution in [0.3, 0.4) is 0 Å². The number of carboxylic acid groups (broad SMARTS) is 1. The van der Waals surface area contributed by atoms with Crippen LogP contribution in [-0.4, -0.2) is 505 Å². The van der Waals surface area contributed by atoms with E-state index in [2.05, 4.69) is 26.6 Å². The van der Waals surface area contributed by atoms with E-state index in [1.807, 2.05) is 0 Å². The number of carbonyl (C=O) groups excluding carboxylic acids is 5. The van der Waals surface area contributed by atoms with Gasteiger partial charge >= 0.3 is 5.97 Å². The molecule has 0 unspecified atom stereocenters. The predicted octanol–water partition coefficient (Wildman–Crippen LogP) is -21.1. The van der Waals surface area contributed by atoms with Crippen LogP contribution in [0.5, 0.6) is 0 Å². The molecule has 54 heteroatoms. The molecule has 9 heterocycles. The minimum absolute atomic E-state index is 0.867. The van der Waals surface area contributed by atoms with Gasteiger partial charge in [-0.05, 0) is 0 Å². The van der Waals surface area contributed by atoms with E-state index in [1.165, 1.54) is 0 Å². The van der Waals surface area contributed by atoms with Crippen molar-refractivity contribution in [3.8, 4) is 0 Å². The van der Waals surface area contributed by atoms with Gasteiger partial charge in [0.05, 0.1) is 65.9 Å². The van der Waals surface area contributed by atoms with Crippen molar-refractivity contribution in [2.45, 2.75) is 316 Å². The Morgan fingerprint density at radius 1 is 0.283 bits per heavy atom. The summed E-state index contributed by atoms with van der Waals surface area (Å²) in [6, 6.07) is -9.41. The molecule has 0 aromatic carbocycles. The minimum atomic E-state index is -2.62. The topological polar surface area (TPSA) is 851 Å². The fraction of sp³-hybridized carbons (Fsp3) is 0.909. The number of carboxylic acids is 1. The zero-order chi connectivity index (χ0) is 88.6. The molecule has 0 spiro atoms. The number of carbonyl (C=O) groups is 6. The molecule has 9 aliphatic heterocycles. The summed E-state index contributed by atoms with van der Waals surface area (Å²) < 4.78 is 101. The van der Waals surface area contributed by atoms with Gasteiger partial charge in [-0.15, -0.1) is 0 Å². The number of aliphatic hydroxyl groups is 24. The predicted molar refractivity (Wildman–Crippen MR) is 370 cm³/mol. The Kier molecular flexibility index (Phi) is 35.9. The fourth-order valence-corrected chi connectivity index (χ4v) is 15.1. The Hall–Kier alpha value is -4.86. The number of aliphatic hydroxyl groups excluding tert-OH is 24. The number of amides is 5. The third kappa shape index (κ3) is 22.4. The van der Waals surface area contributed by atoms with Gasteiger partial charge in [-0.2, -0.15) is 0 Å². The zero-order valence-electron chi connectivity index (χ0n) is 64.3. The Morgan fingerprint density at radius 3 is 0.917 bits per heavy atom. The van der Waals surface area contributed by atoms with Crippen LogP contribution in [0.2, 0.25) is 0 Å². The molecule has 9 rings (SSSR count). The number of aliphatic carboxylic acids is 1. The van der Waals surface area contributed by atoms with Gasteiger partial charge < -0.3 is 241 Å². The van der Waals surface area contributed by atoms with E-state index >= 15 is 0 Å². The molecule has 0 aromatic heterocycles. The molecule has 54 nitrogen and oxygen atoms in total. The summed E-state index contributed by atoms with van der Waals surface area (Å²) in [6.45, 7) is -6.43. The molecule has 0 aliphatic carbocycles. The van der Waals surface area contributed by atoms with Crippen molar-refractivity contribution in [1.82, 2.24) is 26.6 Å². The smallest absolute Gasteiger partial charge is 0.321 e. The van der Waals surface area contributed by atoms with Gasteiger partial charge in [0.1, 0.15) is 226 Å². The lowest BCUT2D eigenvalue weighted by Crippen LogP contribution is -2.71. The molecule has 0 saturated carbocycles. The summed E-state index contributed by atoms with van der Waals surface area (Å²) in [5, 5.41) is 289. The highest BCUT2D eigenvalue weighted by Crippen LogP contribution is 2.40. The first-order valence-corrected chi connectivity index (χ1v) is 37.9. The first kappa shape index (κ1) is 98.9. The Morgan fingerprint density at radius 2 is 0.558 bits per heavy atom. The van der Waals surface area contributed by atoms with Crippen molar-refractivity contribution in [2.24, 2.45) is 5.73 Å². The number of rotatable bonds is 33. The number of ether oxygens (including phenoxy) is 17. The highest BCUT2D eigenvalue weighted by atomic mass is 16.8. The minimum Gasteiger partial charge on any atom is -0.480 e. The first-order chi connectivity index (χ1) is 56.7. The first-order valence-electron chi connectivity index (χ1n) is 37.9. The van der Waals surface area contributed by atoms with E-state index in [9.17, 15) is 156 Å². The molecule has 9 saturated heterocycles. The summed E-state index contributed by atoms with van der Waals surface area (Å²) in [4.78, 5) is 76.1. The maximum Gasteiger partial charge on any atom is 0.321 e. The molecule has 120 heavy (non-hydrogen) atoms. The SMILES string of the molecule is CC(=O)N[C@@H]1[C@@H](O)[C@H](O[C@@H]2O[C@H](CO)[C@@H](O[C@@H]3O[C@H](CO[C@H]4O[C@H](CO)[C@@H](O)[C@H](O)[C@@H]4O[C@@H]4O[C@H](CO)[C@@H](O[C@@H]5O[C@H](CO)[C@H](O)[C@H](O)[C@H]5O)[C@H](O)[C@H]4NC(C)=O)[C@@H](O)[C@H](O[C@H]4O[C@H](CO)[C@@H](O)[C@H](O)[C@@H]4O[C@@H]4O[C@H](CO)[C@@H](O[C@@H]5O[C@H](CO)[C@H](O)[C@H](O)[C@H]5O)[C@H](O)[C@H]4NC(C)=O)[C@@H]3O)[C@H](O)[C@H]2NC(C)=O)[C@@H](CO)O[C@H]1NC(=O)C[C@H](N)C(=O)O. The standard InChI is InChI=1S/C66H110N6O48/c1-15(81)68-30-39(91)50(24(10-77)105-57(30)72-29(85)5-19(67)58(102)103)114-59-31(69-16(2)82)40(92)53(27(13-80)110-59)117-64-49(101)54(118-66-56(46(98)37(89)23(9-76)109-66)120-61-33(71-18(4)84)42(94)52(26(12-79)112-61)116-63-48(100)44(96)35(87)21(7-74)107-63)38(90)28(113-64)14-104-65-55(45(97)36(88)22(8-75)108-65)119-60-32(70-17(3)83)41(93)51(25(11-78)111-60)115-62-47(99)43(95)34(86)20(6-73)106-62/h19-28,30-57,59-66,73-80,86-101H,5-14,67H2,1-4H3,(H,68,81)(H,69,82)(H,70,83)(H,71,84)(H,72,85)(H,102,103)/t19-,20+,21+,22+,23+,24+,25+,26+,27+,28+,30+,31+,32+,33+,34-,35-,36+,37+,38+,39+,40+,41+,42+,43-,44-,45-,46-,47+,48+,49-,50+,51+,52+,53+,54-,55-,56-,57+,59-,60-,61-,62-,63-,64-,65-,66+/m0/s1. The molecule has 0 bridgehead atoms. The summed E-state index contributed by atoms with van der Waals surface area (Å²) in [6.07, 6.45) is -87.4. The average molecular weight is 1760 g/mol. The van der Waals surface area contributed by atoms with Gasteiger partial charge in [0.15, 0.2) is 56.5 Å².